The maximum Gasteiger partial charge on any atom is 0.328 e. The van der Waals surface area contributed by atoms with Crippen molar-refractivity contribution in [3.8, 4) is 0 Å². The van der Waals surface area contributed by atoms with Crippen molar-refractivity contribution in [3.63, 3.8) is 0 Å². The van der Waals surface area contributed by atoms with E-state index in [1.165, 1.54) is 166 Å². The summed E-state index contributed by atoms with van der Waals surface area (Å²) < 4.78 is 12.4. The summed E-state index contributed by atoms with van der Waals surface area (Å²) in [6, 6.07) is -0.848. The minimum absolute atomic E-state index is 0.101. The smallest absolute Gasteiger partial charge is 0.328 e. The van der Waals surface area contributed by atoms with Crippen LogP contribution in [0.5, 0.6) is 0 Å². The van der Waals surface area contributed by atoms with E-state index >= 15 is 0 Å². The monoisotopic (exact) mass is 1000 g/mol. The van der Waals surface area contributed by atoms with Crippen LogP contribution in [0.2, 0.25) is 0 Å². The van der Waals surface area contributed by atoms with E-state index in [2.05, 4.69) is 85.9 Å². The summed E-state index contributed by atoms with van der Waals surface area (Å²) in [5.74, 6) is 4.57. The van der Waals surface area contributed by atoms with Gasteiger partial charge in [-0.3, -0.25) is 9.59 Å². The Morgan fingerprint density at radius 2 is 1.22 bits per heavy atom. The zero-order valence-electron chi connectivity index (χ0n) is 48.9. The summed E-state index contributed by atoms with van der Waals surface area (Å²) in [6.07, 6.45) is 49.5. The molecule has 1 unspecified atom stereocenters. The molecule has 11 atom stereocenters. The number of allylic oxidation sites excluding steroid dienone is 3. The van der Waals surface area contributed by atoms with Crippen LogP contribution in [0.25, 0.3) is 0 Å². The Morgan fingerprint density at radius 3 is 1.79 bits per heavy atom. The predicted molar refractivity (Wildman–Crippen MR) is 305 cm³/mol. The third-order valence-electron chi connectivity index (χ3n) is 19.7. The van der Waals surface area contributed by atoms with Gasteiger partial charge in [0, 0.05) is 19.3 Å². The average Bonchev–Trinajstić information content (AvgIpc) is 3.72. The first-order valence-electron chi connectivity index (χ1n) is 31.8. The van der Waals surface area contributed by atoms with E-state index in [1.54, 1.807) is 0 Å². The Kier molecular flexibility index (Phi) is 29.9. The molecule has 4 rings (SSSR count). The van der Waals surface area contributed by atoms with Crippen LogP contribution in [0.4, 0.5) is 0 Å². The fourth-order valence-electron chi connectivity index (χ4n) is 14.9. The van der Waals surface area contributed by atoms with Crippen LogP contribution in [-0.4, -0.2) is 36.6 Å². The number of hydrogen-bond donors (Lipinski definition) is 1. The predicted octanol–water partition coefficient (Wildman–Crippen LogP) is 19.0. The van der Waals surface area contributed by atoms with E-state index in [0.717, 1.165) is 75.5 Å². The van der Waals surface area contributed by atoms with Gasteiger partial charge < -0.3 is 14.8 Å². The molecule has 0 saturated heterocycles. The van der Waals surface area contributed by atoms with Gasteiger partial charge in [0.15, 0.2) is 0 Å². The highest BCUT2D eigenvalue weighted by molar-refractivity contribution is 5.85. The van der Waals surface area contributed by atoms with Crippen molar-refractivity contribution in [1.29, 1.82) is 0 Å². The second-order valence-corrected chi connectivity index (χ2v) is 25.5. The third kappa shape index (κ3) is 20.4. The lowest BCUT2D eigenvalue weighted by Gasteiger charge is -2.58. The van der Waals surface area contributed by atoms with Crippen molar-refractivity contribution in [2.75, 3.05) is 6.61 Å². The molecule has 4 aliphatic rings. The van der Waals surface area contributed by atoms with E-state index in [1.807, 2.05) is 0 Å². The van der Waals surface area contributed by atoms with Gasteiger partial charge in [0.25, 0.3) is 0 Å². The van der Waals surface area contributed by atoms with Crippen LogP contribution in [0.3, 0.4) is 0 Å². The van der Waals surface area contributed by atoms with Crippen LogP contribution in [-0.2, 0) is 23.9 Å². The average molecular weight is 1000 g/mol. The first kappa shape index (κ1) is 62.4. The van der Waals surface area contributed by atoms with E-state index < -0.39 is 6.04 Å². The number of carbonyl (C=O) groups is 3. The number of amides is 1. The molecule has 1 amide bonds. The molecular formula is C66H117NO5. The largest absolute Gasteiger partial charge is 0.465 e. The Balaban J connectivity index is 1.35. The topological polar surface area (TPSA) is 81.7 Å². The number of ether oxygens (including phenoxy) is 2. The second-order valence-electron chi connectivity index (χ2n) is 25.5. The van der Waals surface area contributed by atoms with Crippen LogP contribution in [0.1, 0.15) is 300 Å². The normalized spacial score (nSPS) is 26.6. The molecule has 0 aromatic carbocycles. The lowest BCUT2D eigenvalue weighted by atomic mass is 9.47. The molecule has 3 fully saturated rings. The molecular weight excluding hydrogens is 887 g/mol. The molecule has 0 bridgehead atoms. The van der Waals surface area contributed by atoms with Gasteiger partial charge in [0.1, 0.15) is 12.1 Å². The lowest BCUT2D eigenvalue weighted by molar-refractivity contribution is -0.156. The summed E-state index contributed by atoms with van der Waals surface area (Å²) >= 11 is 0. The Labute approximate surface area is 445 Å². The number of hydrogen-bond acceptors (Lipinski definition) is 5. The Hall–Kier alpha value is -2.11. The minimum Gasteiger partial charge on any atom is -0.465 e. The number of esters is 2. The lowest BCUT2D eigenvalue weighted by Crippen LogP contribution is -2.51. The van der Waals surface area contributed by atoms with Crippen molar-refractivity contribution in [1.82, 2.24) is 5.32 Å². The third-order valence-corrected chi connectivity index (χ3v) is 19.7. The molecule has 72 heavy (non-hydrogen) atoms. The summed E-state index contributed by atoms with van der Waals surface area (Å²) in [7, 11) is 0. The highest BCUT2D eigenvalue weighted by atomic mass is 16.5. The van der Waals surface area contributed by atoms with E-state index in [9.17, 15) is 14.4 Å². The van der Waals surface area contributed by atoms with Gasteiger partial charge in [0.2, 0.25) is 5.91 Å². The SMILES string of the molecule is CCCCCCCCCCCC(=O)N[C@@H](CCC(=O)OCC(CCCCCCCC)CCCCCCCCCC)C(=O)O[C@H]1CC[C@@]2(C)C(=CC[C@H]3[C@@H]4CC[C@H]([C@H](C)/C=C/[C@@H](CC)C(C)C)[C@@]4(C)CC[C@@H]32)C1. The summed E-state index contributed by atoms with van der Waals surface area (Å²) in [5, 5.41) is 3.07. The first-order chi connectivity index (χ1) is 34.8. The Morgan fingerprint density at radius 1 is 0.653 bits per heavy atom. The van der Waals surface area contributed by atoms with Crippen molar-refractivity contribution < 1.29 is 23.9 Å². The van der Waals surface area contributed by atoms with Crippen LogP contribution in [0, 0.1) is 58.2 Å². The zero-order valence-corrected chi connectivity index (χ0v) is 48.9. The van der Waals surface area contributed by atoms with Gasteiger partial charge in [-0.15, -0.1) is 0 Å². The molecule has 0 heterocycles. The molecule has 3 saturated carbocycles. The highest BCUT2D eigenvalue weighted by Crippen LogP contribution is 2.67. The molecule has 6 nitrogen and oxygen atoms in total. The number of nitrogens with one attached hydrogen (secondary N) is 1. The van der Waals surface area contributed by atoms with Crippen molar-refractivity contribution in [3.05, 3.63) is 23.8 Å². The first-order valence-corrected chi connectivity index (χ1v) is 31.8. The van der Waals surface area contributed by atoms with E-state index in [0.29, 0.717) is 48.0 Å². The quantitative estimate of drug-likeness (QED) is 0.0377. The standard InChI is InChI=1S/C66H117NO5/c1-10-14-17-20-23-25-27-30-33-36-62(68)67-61(43-44-63(69)71-50-53(34-31-28-22-19-16-12-3)35-32-29-26-24-21-18-15-11-2)64(70)72-56-45-47-65(8)55(49-56)39-40-57-59-42-41-58(66(59,9)48-46-60(57)65)52(7)37-38-54(13-4)51(5)6/h37-39,51-54,56-61H,10-36,40-50H2,1-9H3,(H,67,68)/b38-37+/t52-,53?,54-,56+,57+,58-,59+,60+,61+,65+,66-/m1/s1. The van der Waals surface area contributed by atoms with E-state index in [-0.39, 0.29) is 42.2 Å². The van der Waals surface area contributed by atoms with Gasteiger partial charge in [-0.1, -0.05) is 227 Å². The summed E-state index contributed by atoms with van der Waals surface area (Å²) in [6.45, 7) is 22.0. The van der Waals surface area contributed by atoms with Gasteiger partial charge >= 0.3 is 11.9 Å². The summed E-state index contributed by atoms with van der Waals surface area (Å²) in [5.41, 5.74) is 2.05. The number of rotatable bonds is 39. The molecule has 0 spiro atoms. The van der Waals surface area contributed by atoms with Crippen molar-refractivity contribution in [2.45, 2.75) is 312 Å². The van der Waals surface area contributed by atoms with Gasteiger partial charge in [-0.25, -0.2) is 4.79 Å². The second kappa shape index (κ2) is 34.5. The molecule has 6 heteroatoms. The van der Waals surface area contributed by atoms with Crippen LogP contribution < -0.4 is 5.32 Å². The van der Waals surface area contributed by atoms with Crippen LogP contribution in [0.15, 0.2) is 23.8 Å². The van der Waals surface area contributed by atoms with Gasteiger partial charge in [-0.05, 0) is 135 Å². The van der Waals surface area contributed by atoms with E-state index in [4.69, 9.17) is 9.47 Å². The number of carbonyl (C=O) groups excluding carboxylic acids is 3. The molecule has 1 N–H and O–H groups in total. The molecule has 0 aliphatic heterocycles. The Bertz CT molecular complexity index is 1570. The molecule has 0 aromatic rings. The number of unbranched alkanes of at least 4 members (excludes halogenated alkanes) is 20. The van der Waals surface area contributed by atoms with Gasteiger partial charge in [0.05, 0.1) is 6.61 Å². The fourth-order valence-corrected chi connectivity index (χ4v) is 14.9. The van der Waals surface area contributed by atoms with Crippen molar-refractivity contribution >= 4 is 17.8 Å². The zero-order chi connectivity index (χ0) is 52.2. The maximum atomic E-state index is 14.2. The van der Waals surface area contributed by atoms with Crippen molar-refractivity contribution in [2.24, 2.45) is 58.2 Å². The molecule has 0 radical (unpaired) electrons. The number of fused-ring (bicyclic) bond motifs is 5. The molecule has 4 aliphatic carbocycles. The fraction of sp³-hybridized carbons (Fsp3) is 0.894. The highest BCUT2D eigenvalue weighted by Gasteiger charge is 2.59. The minimum atomic E-state index is -0.848. The molecule has 0 aromatic heterocycles. The maximum absolute atomic E-state index is 14.2. The molecule has 416 valence electrons. The van der Waals surface area contributed by atoms with Crippen LogP contribution >= 0.6 is 0 Å². The summed E-state index contributed by atoms with van der Waals surface area (Å²) in [4.78, 5) is 41.2. The van der Waals surface area contributed by atoms with Gasteiger partial charge in [-0.2, -0.15) is 0 Å².